The van der Waals surface area contributed by atoms with E-state index in [4.69, 9.17) is 0 Å². The molecule has 1 aliphatic rings. The Morgan fingerprint density at radius 2 is 2.35 bits per heavy atom. The molecule has 7 heteroatoms. The molecule has 124 valence electrons. The second-order valence-electron chi connectivity index (χ2n) is 5.89. The number of nitrogens with zero attached hydrogens (tertiary/aromatic N) is 4. The van der Waals surface area contributed by atoms with Gasteiger partial charge in [-0.25, -0.2) is 4.99 Å². The molecule has 2 N–H and O–H groups in total. The first-order valence-electron chi connectivity index (χ1n) is 8.18. The van der Waals surface area contributed by atoms with Crippen molar-refractivity contribution < 1.29 is 0 Å². The van der Waals surface area contributed by atoms with Crippen LogP contribution in [0.1, 0.15) is 30.6 Å². The molecule has 6 nitrogen and oxygen atoms in total. The molecule has 0 spiro atoms. The molecule has 0 radical (unpaired) electrons. The molecule has 0 aromatic carbocycles. The largest absolute Gasteiger partial charge is 0.357 e. The van der Waals surface area contributed by atoms with E-state index in [1.54, 1.807) is 11.3 Å². The molecule has 0 bridgehead atoms. The highest BCUT2D eigenvalue weighted by Crippen LogP contribution is 2.19. The summed E-state index contributed by atoms with van der Waals surface area (Å²) in [5.41, 5.74) is 1.26. The second-order valence-corrected chi connectivity index (χ2v) is 6.67. The normalized spacial score (nSPS) is 17.8. The third-order valence-electron chi connectivity index (χ3n) is 4.13. The minimum Gasteiger partial charge on any atom is -0.357 e. The number of aryl methyl sites for hydroxylation is 2. The molecule has 1 atom stereocenters. The van der Waals surface area contributed by atoms with Gasteiger partial charge in [0.15, 0.2) is 5.96 Å². The van der Waals surface area contributed by atoms with E-state index >= 15 is 0 Å². The Labute approximate surface area is 141 Å². The summed E-state index contributed by atoms with van der Waals surface area (Å²) < 4.78 is 2.24. The van der Waals surface area contributed by atoms with Crippen LogP contribution in [-0.2, 0) is 19.5 Å². The molecule has 2 aromatic heterocycles. The van der Waals surface area contributed by atoms with E-state index in [0.717, 1.165) is 56.6 Å². The van der Waals surface area contributed by atoms with Gasteiger partial charge >= 0.3 is 0 Å². The van der Waals surface area contributed by atoms with Crippen molar-refractivity contribution in [2.45, 2.75) is 39.8 Å². The lowest BCUT2D eigenvalue weighted by Crippen LogP contribution is -2.41. The van der Waals surface area contributed by atoms with Gasteiger partial charge in [-0.05, 0) is 48.6 Å². The Morgan fingerprint density at radius 3 is 3.13 bits per heavy atom. The van der Waals surface area contributed by atoms with Crippen LogP contribution in [0.3, 0.4) is 0 Å². The first-order valence-corrected chi connectivity index (χ1v) is 9.12. The van der Waals surface area contributed by atoms with E-state index in [9.17, 15) is 0 Å². The average molecular weight is 332 g/mol. The second kappa shape index (κ2) is 7.59. The van der Waals surface area contributed by atoms with Crippen molar-refractivity contribution in [3.05, 3.63) is 34.0 Å². The topological polar surface area (TPSA) is 67.1 Å². The van der Waals surface area contributed by atoms with Gasteiger partial charge in [0.2, 0.25) is 0 Å². The zero-order valence-corrected chi connectivity index (χ0v) is 14.6. The maximum absolute atomic E-state index is 4.66. The molecular weight excluding hydrogens is 308 g/mol. The Kier molecular flexibility index (Phi) is 5.27. The number of guanidine groups is 1. The van der Waals surface area contributed by atoms with Crippen molar-refractivity contribution >= 4 is 17.3 Å². The molecule has 0 saturated heterocycles. The van der Waals surface area contributed by atoms with Crippen molar-refractivity contribution in [2.24, 2.45) is 10.9 Å². The summed E-state index contributed by atoms with van der Waals surface area (Å²) in [6.45, 7) is 7.62. The molecular formula is C16H24N6S. The molecule has 3 heterocycles. The molecule has 3 rings (SSSR count). The minimum atomic E-state index is 0.585. The Morgan fingerprint density at radius 1 is 1.43 bits per heavy atom. The highest BCUT2D eigenvalue weighted by atomic mass is 32.1. The van der Waals surface area contributed by atoms with Crippen molar-refractivity contribution in [1.82, 2.24) is 25.4 Å². The summed E-state index contributed by atoms with van der Waals surface area (Å²) in [5.74, 6) is 3.62. The number of aliphatic imine (C=N–C) groups is 1. The van der Waals surface area contributed by atoms with E-state index in [2.05, 4.69) is 54.1 Å². The highest BCUT2D eigenvalue weighted by molar-refractivity contribution is 7.07. The van der Waals surface area contributed by atoms with Crippen LogP contribution < -0.4 is 10.6 Å². The fourth-order valence-corrected chi connectivity index (χ4v) is 3.49. The molecule has 0 amide bonds. The minimum absolute atomic E-state index is 0.585. The average Bonchev–Trinajstić information content (AvgIpc) is 3.20. The van der Waals surface area contributed by atoms with Crippen LogP contribution in [0.25, 0.3) is 0 Å². The van der Waals surface area contributed by atoms with Crippen LogP contribution >= 0.6 is 11.3 Å². The van der Waals surface area contributed by atoms with Gasteiger partial charge in [-0.3, -0.25) is 0 Å². The maximum Gasteiger partial charge on any atom is 0.191 e. The van der Waals surface area contributed by atoms with Gasteiger partial charge < -0.3 is 15.2 Å². The predicted molar refractivity (Wildman–Crippen MR) is 93.7 cm³/mol. The van der Waals surface area contributed by atoms with Crippen LogP contribution in [0.4, 0.5) is 0 Å². The Hall–Kier alpha value is -1.89. The molecule has 23 heavy (non-hydrogen) atoms. The van der Waals surface area contributed by atoms with Crippen molar-refractivity contribution in [2.75, 3.05) is 13.1 Å². The third-order valence-corrected chi connectivity index (χ3v) is 4.86. The summed E-state index contributed by atoms with van der Waals surface area (Å²) in [6.07, 6.45) is 2.16. The summed E-state index contributed by atoms with van der Waals surface area (Å²) in [7, 11) is 0. The third kappa shape index (κ3) is 4.10. The zero-order valence-electron chi connectivity index (χ0n) is 13.7. The summed E-state index contributed by atoms with van der Waals surface area (Å²) in [4.78, 5) is 4.66. The highest BCUT2D eigenvalue weighted by Gasteiger charge is 2.21. The van der Waals surface area contributed by atoms with E-state index < -0.39 is 0 Å². The lowest BCUT2D eigenvalue weighted by Gasteiger charge is -2.25. The maximum atomic E-state index is 4.66. The summed E-state index contributed by atoms with van der Waals surface area (Å²) in [6, 6.07) is 2.12. The van der Waals surface area contributed by atoms with E-state index in [0.29, 0.717) is 5.92 Å². The number of thiophene rings is 1. The van der Waals surface area contributed by atoms with Crippen LogP contribution in [0.15, 0.2) is 21.8 Å². The molecule has 1 unspecified atom stereocenters. The fourth-order valence-electron chi connectivity index (χ4n) is 2.83. The molecule has 0 saturated carbocycles. The monoisotopic (exact) mass is 332 g/mol. The zero-order chi connectivity index (χ0) is 16.1. The van der Waals surface area contributed by atoms with Crippen LogP contribution in [0.2, 0.25) is 0 Å². The number of hydrogen-bond acceptors (Lipinski definition) is 4. The number of nitrogens with one attached hydrogen (secondary N) is 2. The van der Waals surface area contributed by atoms with E-state index in [-0.39, 0.29) is 0 Å². The van der Waals surface area contributed by atoms with E-state index in [1.807, 2.05) is 6.92 Å². The first kappa shape index (κ1) is 16.0. The lowest BCUT2D eigenvalue weighted by atomic mass is 9.99. The Bertz CT molecular complexity index is 646. The Balaban J connectivity index is 1.55. The van der Waals surface area contributed by atoms with Crippen molar-refractivity contribution in [3.63, 3.8) is 0 Å². The molecule has 0 aliphatic carbocycles. The standard InChI is InChI=1S/C16H24N6S/c1-3-17-16(19-9-14-6-7-23-11-14)18-8-13-4-5-15-21-20-12(2)22(15)10-13/h6-7,11,13H,3-5,8-10H2,1-2H3,(H2,17,18,19). The fraction of sp³-hybridized carbons (Fsp3) is 0.562. The quantitative estimate of drug-likeness (QED) is 0.649. The molecule has 0 fully saturated rings. The number of aromatic nitrogens is 3. The predicted octanol–water partition coefficient (Wildman–Crippen LogP) is 1.97. The summed E-state index contributed by atoms with van der Waals surface area (Å²) in [5, 5.41) is 19.4. The van der Waals surface area contributed by atoms with Gasteiger partial charge in [-0.1, -0.05) is 0 Å². The SMILES string of the molecule is CCNC(=NCc1ccsc1)NCC1CCc2nnc(C)n2C1. The van der Waals surface area contributed by atoms with Gasteiger partial charge in [-0.15, -0.1) is 10.2 Å². The van der Waals surface area contributed by atoms with Crippen LogP contribution in [-0.4, -0.2) is 33.8 Å². The van der Waals surface area contributed by atoms with Crippen molar-refractivity contribution in [1.29, 1.82) is 0 Å². The van der Waals surface area contributed by atoms with Crippen molar-refractivity contribution in [3.8, 4) is 0 Å². The van der Waals surface area contributed by atoms with Gasteiger partial charge in [0, 0.05) is 26.1 Å². The lowest BCUT2D eigenvalue weighted by molar-refractivity contribution is 0.358. The van der Waals surface area contributed by atoms with Gasteiger partial charge in [0.05, 0.1) is 6.54 Å². The number of fused-ring (bicyclic) bond motifs is 1. The van der Waals surface area contributed by atoms with Gasteiger partial charge in [0.1, 0.15) is 11.6 Å². The molecule has 1 aliphatic heterocycles. The van der Waals surface area contributed by atoms with Crippen LogP contribution in [0.5, 0.6) is 0 Å². The van der Waals surface area contributed by atoms with Crippen LogP contribution in [0, 0.1) is 12.8 Å². The summed E-state index contributed by atoms with van der Waals surface area (Å²) >= 11 is 1.71. The first-order chi connectivity index (χ1) is 11.3. The van der Waals surface area contributed by atoms with Gasteiger partial charge in [-0.2, -0.15) is 11.3 Å². The van der Waals surface area contributed by atoms with Gasteiger partial charge in [0.25, 0.3) is 0 Å². The number of rotatable bonds is 5. The smallest absolute Gasteiger partial charge is 0.191 e. The molecule has 2 aromatic rings. The number of hydrogen-bond donors (Lipinski definition) is 2. The van der Waals surface area contributed by atoms with E-state index in [1.165, 1.54) is 5.56 Å².